The minimum Gasteiger partial charge on any atom is -0.369 e. The van der Waals surface area contributed by atoms with E-state index in [-0.39, 0.29) is 5.60 Å². The Hall–Kier alpha value is 0.110. The van der Waals surface area contributed by atoms with Gasteiger partial charge in [-0.25, -0.2) is 0 Å². The fourth-order valence-corrected chi connectivity index (χ4v) is 3.19. The second-order valence-electron chi connectivity index (χ2n) is 3.34. The molecule has 78 valence electrons. The van der Waals surface area contributed by atoms with E-state index < -0.39 is 7.60 Å². The number of hydrogen-bond acceptors (Lipinski definition) is 4. The van der Waals surface area contributed by atoms with Crippen molar-refractivity contribution in [1.82, 2.24) is 0 Å². The van der Waals surface area contributed by atoms with E-state index in [2.05, 4.69) is 0 Å². The molecule has 0 aromatic carbocycles. The van der Waals surface area contributed by atoms with Gasteiger partial charge in [-0.2, -0.15) is 0 Å². The predicted octanol–water partition coefficient (Wildman–Crippen LogP) is 2.04. The second kappa shape index (κ2) is 4.09. The van der Waals surface area contributed by atoms with Crippen LogP contribution in [0.4, 0.5) is 0 Å². The number of epoxide rings is 1. The lowest BCUT2D eigenvalue weighted by Gasteiger charge is -2.18. The van der Waals surface area contributed by atoms with E-state index >= 15 is 0 Å². The summed E-state index contributed by atoms with van der Waals surface area (Å²) in [4.78, 5) is 0. The maximum Gasteiger partial charge on any atom is 0.333 e. The van der Waals surface area contributed by atoms with Gasteiger partial charge in [-0.05, 0) is 20.8 Å². The van der Waals surface area contributed by atoms with Gasteiger partial charge in [0.05, 0.1) is 26.0 Å². The summed E-state index contributed by atoms with van der Waals surface area (Å²) in [6.07, 6.45) is 0.363. The molecule has 1 fully saturated rings. The van der Waals surface area contributed by atoms with Crippen LogP contribution < -0.4 is 0 Å². The van der Waals surface area contributed by atoms with Crippen molar-refractivity contribution >= 4 is 7.60 Å². The standard InChI is InChI=1S/C8H17O4P/c1-4-11-13(9,12-5-2)7-8(3)6-10-8/h4-7H2,1-3H3. The molecule has 13 heavy (non-hydrogen) atoms. The van der Waals surface area contributed by atoms with Gasteiger partial charge >= 0.3 is 7.60 Å². The number of rotatable bonds is 6. The summed E-state index contributed by atoms with van der Waals surface area (Å²) >= 11 is 0. The Morgan fingerprint density at radius 2 is 1.85 bits per heavy atom. The first-order valence-corrected chi connectivity index (χ1v) is 6.28. The van der Waals surface area contributed by atoms with Crippen LogP contribution in [-0.4, -0.2) is 31.6 Å². The average Bonchev–Trinajstić information content (AvgIpc) is 2.67. The highest BCUT2D eigenvalue weighted by Crippen LogP contribution is 2.53. The molecule has 0 radical (unpaired) electrons. The number of hydrogen-bond donors (Lipinski definition) is 0. The van der Waals surface area contributed by atoms with Crippen molar-refractivity contribution in [2.75, 3.05) is 26.0 Å². The Labute approximate surface area is 79.1 Å². The van der Waals surface area contributed by atoms with Gasteiger partial charge in [0.15, 0.2) is 0 Å². The Morgan fingerprint density at radius 3 is 2.15 bits per heavy atom. The van der Waals surface area contributed by atoms with Crippen LogP contribution in [0.2, 0.25) is 0 Å². The van der Waals surface area contributed by atoms with Crippen molar-refractivity contribution in [1.29, 1.82) is 0 Å². The molecule has 1 rings (SSSR count). The van der Waals surface area contributed by atoms with Crippen molar-refractivity contribution in [2.24, 2.45) is 0 Å². The van der Waals surface area contributed by atoms with Gasteiger partial charge in [0.1, 0.15) is 5.60 Å². The molecule has 0 bridgehead atoms. The summed E-state index contributed by atoms with van der Waals surface area (Å²) in [5.74, 6) is 0. The van der Waals surface area contributed by atoms with Crippen LogP contribution in [-0.2, 0) is 18.3 Å². The molecule has 0 amide bonds. The zero-order valence-electron chi connectivity index (χ0n) is 8.41. The molecule has 0 aromatic rings. The quantitative estimate of drug-likeness (QED) is 0.495. The highest BCUT2D eigenvalue weighted by Gasteiger charge is 2.46. The monoisotopic (exact) mass is 208 g/mol. The molecule has 0 aromatic heterocycles. The van der Waals surface area contributed by atoms with E-state index in [1.807, 2.05) is 20.8 Å². The molecule has 5 heteroatoms. The molecule has 4 nitrogen and oxygen atoms in total. The lowest BCUT2D eigenvalue weighted by Crippen LogP contribution is -2.14. The van der Waals surface area contributed by atoms with Crippen LogP contribution in [0.25, 0.3) is 0 Å². The third-order valence-electron chi connectivity index (χ3n) is 1.82. The van der Waals surface area contributed by atoms with E-state index in [4.69, 9.17) is 13.8 Å². The Bertz CT molecular complexity index is 202. The van der Waals surface area contributed by atoms with Crippen LogP contribution in [0.1, 0.15) is 20.8 Å². The van der Waals surface area contributed by atoms with Gasteiger partial charge in [0.25, 0.3) is 0 Å². The smallest absolute Gasteiger partial charge is 0.333 e. The molecule has 0 spiro atoms. The summed E-state index contributed by atoms with van der Waals surface area (Å²) in [5.41, 5.74) is -0.278. The van der Waals surface area contributed by atoms with Gasteiger partial charge < -0.3 is 13.8 Å². The maximum absolute atomic E-state index is 11.9. The molecule has 1 aliphatic rings. The fourth-order valence-electron chi connectivity index (χ4n) is 1.15. The SMILES string of the molecule is CCOP(=O)(CC1(C)CO1)OCC. The van der Waals surface area contributed by atoms with E-state index in [1.165, 1.54) is 0 Å². The van der Waals surface area contributed by atoms with Crippen LogP contribution in [0.5, 0.6) is 0 Å². The fraction of sp³-hybridized carbons (Fsp3) is 1.00. The van der Waals surface area contributed by atoms with Crippen LogP contribution in [0, 0.1) is 0 Å². The highest BCUT2D eigenvalue weighted by atomic mass is 31.2. The lowest BCUT2D eigenvalue weighted by atomic mass is 10.3. The largest absolute Gasteiger partial charge is 0.369 e. The molecule has 1 unspecified atom stereocenters. The first-order chi connectivity index (χ1) is 6.04. The van der Waals surface area contributed by atoms with Gasteiger partial charge in [-0.15, -0.1) is 0 Å². The first kappa shape index (κ1) is 11.2. The van der Waals surface area contributed by atoms with E-state index in [0.717, 1.165) is 0 Å². The summed E-state index contributed by atoms with van der Waals surface area (Å²) in [6.45, 7) is 7.00. The minimum atomic E-state index is -2.90. The first-order valence-electron chi connectivity index (χ1n) is 4.56. The average molecular weight is 208 g/mol. The zero-order chi connectivity index (χ0) is 9.95. The van der Waals surface area contributed by atoms with Gasteiger partial charge in [-0.3, -0.25) is 4.57 Å². The third-order valence-corrected chi connectivity index (χ3v) is 4.18. The van der Waals surface area contributed by atoms with Crippen molar-refractivity contribution in [2.45, 2.75) is 26.4 Å². The van der Waals surface area contributed by atoms with Gasteiger partial charge in [0.2, 0.25) is 0 Å². The van der Waals surface area contributed by atoms with Crippen molar-refractivity contribution < 1.29 is 18.3 Å². The molecule has 1 atom stereocenters. The molecule has 1 aliphatic heterocycles. The van der Waals surface area contributed by atoms with Crippen molar-refractivity contribution in [3.63, 3.8) is 0 Å². The molecular weight excluding hydrogens is 191 g/mol. The van der Waals surface area contributed by atoms with Crippen LogP contribution >= 0.6 is 7.60 Å². The Morgan fingerprint density at radius 1 is 1.38 bits per heavy atom. The van der Waals surface area contributed by atoms with E-state index in [9.17, 15) is 4.57 Å². The molecule has 1 heterocycles. The highest BCUT2D eigenvalue weighted by molar-refractivity contribution is 7.53. The Balaban J connectivity index is 2.50. The predicted molar refractivity (Wildman–Crippen MR) is 50.1 cm³/mol. The lowest BCUT2D eigenvalue weighted by molar-refractivity contribution is 0.211. The van der Waals surface area contributed by atoms with Crippen molar-refractivity contribution in [3.05, 3.63) is 0 Å². The molecule has 0 saturated carbocycles. The summed E-state index contributed by atoms with van der Waals surface area (Å²) in [5, 5.41) is 0. The summed E-state index contributed by atoms with van der Waals surface area (Å²) in [7, 11) is -2.90. The van der Waals surface area contributed by atoms with E-state index in [0.29, 0.717) is 26.0 Å². The third kappa shape index (κ3) is 3.39. The molecular formula is C8H17O4P. The zero-order valence-corrected chi connectivity index (χ0v) is 9.30. The minimum absolute atomic E-state index is 0.278. The van der Waals surface area contributed by atoms with Crippen molar-refractivity contribution in [3.8, 4) is 0 Å². The van der Waals surface area contributed by atoms with Crippen LogP contribution in [0.3, 0.4) is 0 Å². The number of ether oxygens (including phenoxy) is 1. The Kier molecular flexibility index (Phi) is 3.52. The molecule has 0 aliphatic carbocycles. The van der Waals surface area contributed by atoms with Gasteiger partial charge in [0, 0.05) is 0 Å². The topological polar surface area (TPSA) is 48.1 Å². The van der Waals surface area contributed by atoms with E-state index in [1.54, 1.807) is 0 Å². The summed E-state index contributed by atoms with van der Waals surface area (Å²) < 4.78 is 27.4. The van der Waals surface area contributed by atoms with Crippen LogP contribution in [0.15, 0.2) is 0 Å². The summed E-state index contributed by atoms with van der Waals surface area (Å²) in [6, 6.07) is 0. The maximum atomic E-state index is 11.9. The molecule has 0 N–H and O–H groups in total. The normalized spacial score (nSPS) is 27.6. The second-order valence-corrected chi connectivity index (χ2v) is 5.40. The molecule has 1 saturated heterocycles. The van der Waals surface area contributed by atoms with Gasteiger partial charge in [-0.1, -0.05) is 0 Å².